The first-order chi connectivity index (χ1) is 10.8. The van der Waals surface area contributed by atoms with E-state index in [4.69, 9.17) is 10.5 Å². The molecule has 0 saturated carbocycles. The summed E-state index contributed by atoms with van der Waals surface area (Å²) in [6, 6.07) is 19.8. The lowest BCUT2D eigenvalue weighted by molar-refractivity contribution is 0.481. The molecule has 0 spiro atoms. The van der Waals surface area contributed by atoms with Crippen molar-refractivity contribution in [1.29, 1.82) is 0 Å². The number of nitrogens with two attached hydrogens (primary N) is 1. The Morgan fingerprint density at radius 2 is 1.82 bits per heavy atom. The van der Waals surface area contributed by atoms with E-state index in [0.29, 0.717) is 6.54 Å². The van der Waals surface area contributed by atoms with Crippen LogP contribution in [0.15, 0.2) is 60.7 Å². The number of hydrogen-bond donors (Lipinski definition) is 2. The van der Waals surface area contributed by atoms with E-state index in [1.807, 2.05) is 61.5 Å². The number of aryl methyl sites for hydroxylation is 1. The summed E-state index contributed by atoms with van der Waals surface area (Å²) in [7, 11) is 0. The number of nitrogens with one attached hydrogen (secondary N) is 1. The third-order valence-corrected chi connectivity index (χ3v) is 3.56. The first-order valence-corrected chi connectivity index (χ1v) is 7.31. The number of hydrogen-bond acceptors (Lipinski definition) is 3. The van der Waals surface area contributed by atoms with Crippen molar-refractivity contribution in [2.24, 2.45) is 5.73 Å². The molecule has 3 N–H and O–H groups in total. The average Bonchev–Trinajstić information content (AvgIpc) is 2.96. The highest BCUT2D eigenvalue weighted by Crippen LogP contribution is 2.28. The number of aromatic nitrogens is 2. The number of H-pyrrole nitrogens is 1. The minimum Gasteiger partial charge on any atom is -0.457 e. The number of aromatic amines is 1. The lowest BCUT2D eigenvalue weighted by Gasteiger charge is -2.14. The van der Waals surface area contributed by atoms with Crippen LogP contribution in [0.25, 0.3) is 0 Å². The van der Waals surface area contributed by atoms with Crippen molar-refractivity contribution in [3.05, 3.63) is 77.6 Å². The summed E-state index contributed by atoms with van der Waals surface area (Å²) < 4.78 is 5.89. The Morgan fingerprint density at radius 3 is 2.50 bits per heavy atom. The van der Waals surface area contributed by atoms with E-state index in [9.17, 15) is 0 Å². The quantitative estimate of drug-likeness (QED) is 0.755. The van der Waals surface area contributed by atoms with Gasteiger partial charge in [0.25, 0.3) is 0 Å². The topological polar surface area (TPSA) is 63.9 Å². The van der Waals surface area contributed by atoms with Crippen LogP contribution in [0.4, 0.5) is 0 Å². The van der Waals surface area contributed by atoms with Gasteiger partial charge in [0, 0.05) is 18.2 Å². The maximum atomic E-state index is 5.95. The van der Waals surface area contributed by atoms with Gasteiger partial charge in [0.05, 0.1) is 5.69 Å². The van der Waals surface area contributed by atoms with Gasteiger partial charge in [-0.2, -0.15) is 5.10 Å². The van der Waals surface area contributed by atoms with Gasteiger partial charge in [-0.05, 0) is 42.8 Å². The molecule has 0 aliphatic rings. The van der Waals surface area contributed by atoms with Crippen LogP contribution in [0.3, 0.4) is 0 Å². The third kappa shape index (κ3) is 3.18. The Bertz CT molecular complexity index is 737. The SMILES string of the molecule is Cc1cc(C(CN)c2cccc(Oc3ccccc3)c2)n[nH]1. The van der Waals surface area contributed by atoms with Crippen molar-refractivity contribution < 1.29 is 4.74 Å². The maximum Gasteiger partial charge on any atom is 0.127 e. The minimum absolute atomic E-state index is 0.0595. The van der Waals surface area contributed by atoms with Gasteiger partial charge < -0.3 is 10.5 Å². The molecule has 2 aromatic carbocycles. The van der Waals surface area contributed by atoms with Crippen LogP contribution in [0, 0.1) is 6.92 Å². The van der Waals surface area contributed by atoms with E-state index in [2.05, 4.69) is 16.3 Å². The second kappa shape index (κ2) is 6.45. The Balaban J connectivity index is 1.86. The highest BCUT2D eigenvalue weighted by atomic mass is 16.5. The van der Waals surface area contributed by atoms with E-state index in [1.165, 1.54) is 0 Å². The molecule has 22 heavy (non-hydrogen) atoms. The molecule has 0 bridgehead atoms. The number of ether oxygens (including phenoxy) is 1. The highest BCUT2D eigenvalue weighted by Gasteiger charge is 2.16. The van der Waals surface area contributed by atoms with Gasteiger partial charge >= 0.3 is 0 Å². The van der Waals surface area contributed by atoms with Crippen LogP contribution < -0.4 is 10.5 Å². The van der Waals surface area contributed by atoms with Gasteiger partial charge in [-0.1, -0.05) is 30.3 Å². The molecule has 4 nitrogen and oxygen atoms in total. The van der Waals surface area contributed by atoms with Crippen molar-refractivity contribution in [3.63, 3.8) is 0 Å². The van der Waals surface area contributed by atoms with E-state index in [-0.39, 0.29) is 5.92 Å². The monoisotopic (exact) mass is 293 g/mol. The highest BCUT2D eigenvalue weighted by molar-refractivity contribution is 5.38. The molecular formula is C18H19N3O. The molecule has 1 atom stereocenters. The molecule has 112 valence electrons. The number of benzene rings is 2. The average molecular weight is 293 g/mol. The zero-order chi connectivity index (χ0) is 15.4. The van der Waals surface area contributed by atoms with Crippen LogP contribution in [0.2, 0.25) is 0 Å². The predicted octanol–water partition coefficient (Wildman–Crippen LogP) is 3.60. The Morgan fingerprint density at radius 1 is 1.05 bits per heavy atom. The standard InChI is InChI=1S/C18H19N3O/c1-13-10-18(21-20-13)17(12-19)14-6-5-9-16(11-14)22-15-7-3-2-4-8-15/h2-11,17H,12,19H2,1H3,(H,20,21). The molecule has 1 aromatic heterocycles. The summed E-state index contributed by atoms with van der Waals surface area (Å²) in [6.45, 7) is 2.48. The largest absolute Gasteiger partial charge is 0.457 e. The summed E-state index contributed by atoms with van der Waals surface area (Å²) in [5, 5.41) is 7.30. The summed E-state index contributed by atoms with van der Waals surface area (Å²) in [5.74, 6) is 1.68. The Kier molecular flexibility index (Phi) is 4.21. The minimum atomic E-state index is 0.0595. The Hall–Kier alpha value is -2.59. The van der Waals surface area contributed by atoms with Gasteiger partial charge in [0.2, 0.25) is 0 Å². The predicted molar refractivity (Wildman–Crippen MR) is 87.2 cm³/mol. The van der Waals surface area contributed by atoms with Crippen LogP contribution in [0.1, 0.15) is 22.9 Å². The summed E-state index contributed by atoms with van der Waals surface area (Å²) in [5.41, 5.74) is 9.04. The molecule has 0 aliphatic heterocycles. The van der Waals surface area contributed by atoms with E-state index >= 15 is 0 Å². The van der Waals surface area contributed by atoms with Gasteiger partial charge in [0.1, 0.15) is 11.5 Å². The zero-order valence-electron chi connectivity index (χ0n) is 12.5. The molecule has 0 fully saturated rings. The van der Waals surface area contributed by atoms with Gasteiger partial charge in [0.15, 0.2) is 0 Å². The van der Waals surface area contributed by atoms with Crippen LogP contribution in [0.5, 0.6) is 11.5 Å². The normalized spacial score (nSPS) is 12.1. The van der Waals surface area contributed by atoms with Crippen LogP contribution >= 0.6 is 0 Å². The second-order valence-electron chi connectivity index (χ2n) is 5.25. The molecular weight excluding hydrogens is 274 g/mol. The van der Waals surface area contributed by atoms with Crippen molar-refractivity contribution in [2.45, 2.75) is 12.8 Å². The number of nitrogens with zero attached hydrogens (tertiary/aromatic N) is 1. The molecule has 3 aromatic rings. The summed E-state index contributed by atoms with van der Waals surface area (Å²) >= 11 is 0. The maximum absolute atomic E-state index is 5.95. The van der Waals surface area contributed by atoms with Crippen LogP contribution in [-0.4, -0.2) is 16.7 Å². The first kappa shape index (κ1) is 14.4. The summed E-state index contributed by atoms with van der Waals surface area (Å²) in [4.78, 5) is 0. The first-order valence-electron chi connectivity index (χ1n) is 7.31. The van der Waals surface area contributed by atoms with E-state index < -0.39 is 0 Å². The fraction of sp³-hybridized carbons (Fsp3) is 0.167. The van der Waals surface area contributed by atoms with Gasteiger partial charge in [-0.15, -0.1) is 0 Å². The molecule has 0 saturated heterocycles. The lowest BCUT2D eigenvalue weighted by Crippen LogP contribution is -2.14. The van der Waals surface area contributed by atoms with Gasteiger partial charge in [-0.3, -0.25) is 5.10 Å². The number of para-hydroxylation sites is 1. The molecule has 3 rings (SSSR count). The fourth-order valence-electron chi connectivity index (χ4n) is 2.46. The van der Waals surface area contributed by atoms with Crippen molar-refractivity contribution in [3.8, 4) is 11.5 Å². The fourth-order valence-corrected chi connectivity index (χ4v) is 2.46. The van der Waals surface area contributed by atoms with Crippen LogP contribution in [-0.2, 0) is 0 Å². The van der Waals surface area contributed by atoms with Crippen molar-refractivity contribution >= 4 is 0 Å². The number of rotatable bonds is 5. The molecule has 1 heterocycles. The lowest BCUT2D eigenvalue weighted by atomic mass is 9.95. The molecule has 4 heteroatoms. The van der Waals surface area contributed by atoms with Crippen molar-refractivity contribution in [2.75, 3.05) is 6.54 Å². The van der Waals surface area contributed by atoms with E-state index in [0.717, 1.165) is 28.5 Å². The molecule has 1 unspecified atom stereocenters. The van der Waals surface area contributed by atoms with Crippen molar-refractivity contribution in [1.82, 2.24) is 10.2 Å². The van der Waals surface area contributed by atoms with E-state index in [1.54, 1.807) is 0 Å². The molecule has 0 aliphatic carbocycles. The second-order valence-corrected chi connectivity index (χ2v) is 5.25. The third-order valence-electron chi connectivity index (χ3n) is 3.56. The Labute approximate surface area is 129 Å². The molecule has 0 amide bonds. The zero-order valence-corrected chi connectivity index (χ0v) is 12.5. The smallest absolute Gasteiger partial charge is 0.127 e. The summed E-state index contributed by atoms with van der Waals surface area (Å²) in [6.07, 6.45) is 0. The van der Waals surface area contributed by atoms with Gasteiger partial charge in [-0.25, -0.2) is 0 Å². The molecule has 0 radical (unpaired) electrons.